The summed E-state index contributed by atoms with van der Waals surface area (Å²) in [6.07, 6.45) is 8.85. The molecular weight excluding hydrogens is 482 g/mol. The summed E-state index contributed by atoms with van der Waals surface area (Å²) in [5.41, 5.74) is 4.52. The van der Waals surface area contributed by atoms with Gasteiger partial charge in [0.15, 0.2) is 0 Å². The van der Waals surface area contributed by atoms with E-state index in [1.165, 1.54) is 6.08 Å². The predicted molar refractivity (Wildman–Crippen MR) is 150 cm³/mol. The molecule has 1 fully saturated rings. The topological polar surface area (TPSA) is 116 Å². The number of rotatable bonds is 8. The molecule has 0 atom stereocenters. The Labute approximate surface area is 221 Å². The quantitative estimate of drug-likeness (QED) is 0.304. The molecule has 1 aliphatic heterocycles. The molecule has 0 bridgehead atoms. The normalized spacial score (nSPS) is 14.2. The number of anilines is 4. The van der Waals surface area contributed by atoms with Crippen molar-refractivity contribution >= 4 is 40.0 Å². The molecule has 0 aliphatic carbocycles. The molecule has 1 aromatic carbocycles. The van der Waals surface area contributed by atoms with Crippen LogP contribution in [0.5, 0.6) is 5.75 Å². The van der Waals surface area contributed by atoms with Crippen LogP contribution in [0.15, 0.2) is 49.4 Å². The number of nitrogens with one attached hydrogen (secondary N) is 3. The fourth-order valence-electron chi connectivity index (χ4n) is 4.89. The fourth-order valence-corrected chi connectivity index (χ4v) is 4.89. The number of methoxy groups -OCH3 is 1. The van der Waals surface area contributed by atoms with Gasteiger partial charge >= 0.3 is 0 Å². The van der Waals surface area contributed by atoms with Crippen molar-refractivity contribution < 1.29 is 9.53 Å². The van der Waals surface area contributed by atoms with Crippen LogP contribution in [-0.2, 0) is 11.8 Å². The highest BCUT2D eigenvalue weighted by Gasteiger charge is 2.24. The van der Waals surface area contributed by atoms with E-state index in [0.29, 0.717) is 34.8 Å². The smallest absolute Gasteiger partial charge is 0.247 e. The van der Waals surface area contributed by atoms with E-state index in [1.807, 2.05) is 37.6 Å². The summed E-state index contributed by atoms with van der Waals surface area (Å²) >= 11 is 0. The lowest BCUT2D eigenvalue weighted by atomic mass is 10.0. The first-order chi connectivity index (χ1) is 18.4. The van der Waals surface area contributed by atoms with Crippen LogP contribution >= 0.6 is 0 Å². The minimum atomic E-state index is -0.284. The van der Waals surface area contributed by atoms with E-state index in [-0.39, 0.29) is 5.91 Å². The van der Waals surface area contributed by atoms with Gasteiger partial charge in [0, 0.05) is 55.6 Å². The van der Waals surface area contributed by atoms with Crippen molar-refractivity contribution in [2.45, 2.75) is 18.9 Å². The molecule has 198 valence electrons. The van der Waals surface area contributed by atoms with Crippen LogP contribution in [0.3, 0.4) is 0 Å². The van der Waals surface area contributed by atoms with Crippen molar-refractivity contribution in [3.05, 3.63) is 49.4 Å². The maximum atomic E-state index is 12.4. The van der Waals surface area contributed by atoms with Crippen molar-refractivity contribution in [1.82, 2.24) is 29.6 Å². The molecule has 4 aromatic rings. The molecule has 4 heterocycles. The van der Waals surface area contributed by atoms with E-state index in [9.17, 15) is 4.79 Å². The van der Waals surface area contributed by atoms with Crippen LogP contribution in [0.2, 0.25) is 0 Å². The van der Waals surface area contributed by atoms with Crippen molar-refractivity contribution in [2.24, 2.45) is 7.05 Å². The highest BCUT2D eigenvalue weighted by atomic mass is 16.5. The first-order valence-corrected chi connectivity index (χ1v) is 12.5. The van der Waals surface area contributed by atoms with Crippen LogP contribution < -0.4 is 20.3 Å². The molecule has 11 nitrogen and oxygen atoms in total. The zero-order valence-electron chi connectivity index (χ0n) is 22.2. The molecule has 11 heteroatoms. The Morgan fingerprint density at radius 1 is 1.24 bits per heavy atom. The monoisotopic (exact) mass is 515 g/mol. The van der Waals surface area contributed by atoms with Gasteiger partial charge in [0.1, 0.15) is 11.4 Å². The first kappa shape index (κ1) is 25.3. The number of carbonyl (C=O) groups excluding carboxylic acids is 1. The maximum absolute atomic E-state index is 12.4. The third kappa shape index (κ3) is 5.05. The van der Waals surface area contributed by atoms with Crippen LogP contribution in [-0.4, -0.2) is 75.9 Å². The lowest BCUT2D eigenvalue weighted by Gasteiger charge is -2.37. The number of nitrogens with zero attached hydrogens (tertiary/aromatic N) is 6. The number of aryl methyl sites for hydroxylation is 1. The van der Waals surface area contributed by atoms with Crippen molar-refractivity contribution in [3.8, 4) is 17.0 Å². The Hall–Kier alpha value is -4.38. The lowest BCUT2D eigenvalue weighted by Crippen LogP contribution is -2.42. The van der Waals surface area contributed by atoms with Gasteiger partial charge in [-0.05, 0) is 45.1 Å². The lowest BCUT2D eigenvalue weighted by molar-refractivity contribution is -0.111. The number of hydrogen-bond donors (Lipinski definition) is 3. The molecule has 38 heavy (non-hydrogen) atoms. The highest BCUT2D eigenvalue weighted by Crippen LogP contribution is 2.40. The number of hydrogen-bond acceptors (Lipinski definition) is 8. The number of amides is 1. The predicted octanol–water partition coefficient (Wildman–Crippen LogP) is 3.77. The second-order valence-electron chi connectivity index (χ2n) is 9.61. The Bertz CT molecular complexity index is 1460. The average molecular weight is 516 g/mol. The van der Waals surface area contributed by atoms with Gasteiger partial charge in [-0.25, -0.2) is 4.98 Å². The van der Waals surface area contributed by atoms with E-state index in [0.717, 1.165) is 48.3 Å². The summed E-state index contributed by atoms with van der Waals surface area (Å²) in [5.74, 6) is 0.718. The maximum Gasteiger partial charge on any atom is 0.247 e. The van der Waals surface area contributed by atoms with E-state index in [2.05, 4.69) is 56.2 Å². The Balaban J connectivity index is 1.52. The Kier molecular flexibility index (Phi) is 7.01. The van der Waals surface area contributed by atoms with Gasteiger partial charge in [-0.1, -0.05) is 6.58 Å². The van der Waals surface area contributed by atoms with E-state index < -0.39 is 0 Å². The summed E-state index contributed by atoms with van der Waals surface area (Å²) < 4.78 is 7.52. The number of benzene rings is 1. The molecule has 1 saturated heterocycles. The molecule has 1 aliphatic rings. The van der Waals surface area contributed by atoms with Gasteiger partial charge in [0.25, 0.3) is 0 Å². The van der Waals surface area contributed by atoms with Crippen LogP contribution in [0.25, 0.3) is 22.3 Å². The largest absolute Gasteiger partial charge is 0.494 e. The van der Waals surface area contributed by atoms with Crippen molar-refractivity contribution in [2.75, 3.05) is 49.8 Å². The van der Waals surface area contributed by atoms with E-state index in [4.69, 9.17) is 9.72 Å². The summed E-state index contributed by atoms with van der Waals surface area (Å²) in [7, 11) is 7.73. The van der Waals surface area contributed by atoms with Gasteiger partial charge in [-0.3, -0.25) is 9.48 Å². The minimum absolute atomic E-state index is 0.284. The highest BCUT2D eigenvalue weighted by molar-refractivity contribution is 6.02. The molecule has 0 saturated carbocycles. The van der Waals surface area contributed by atoms with Crippen LogP contribution in [0.4, 0.5) is 23.0 Å². The van der Waals surface area contributed by atoms with E-state index in [1.54, 1.807) is 18.0 Å². The number of aromatic amines is 1. The number of piperidine rings is 1. The zero-order chi connectivity index (χ0) is 26.8. The molecule has 0 spiro atoms. The van der Waals surface area contributed by atoms with Gasteiger partial charge in [-0.2, -0.15) is 10.1 Å². The summed E-state index contributed by atoms with van der Waals surface area (Å²) in [6, 6.07) is 6.29. The summed E-state index contributed by atoms with van der Waals surface area (Å²) in [6.45, 7) is 5.36. The molecule has 3 aromatic heterocycles. The zero-order valence-corrected chi connectivity index (χ0v) is 22.2. The van der Waals surface area contributed by atoms with Crippen molar-refractivity contribution in [1.29, 1.82) is 0 Å². The Morgan fingerprint density at radius 3 is 2.68 bits per heavy atom. The van der Waals surface area contributed by atoms with Gasteiger partial charge in [0.05, 0.1) is 36.1 Å². The number of fused-ring (bicyclic) bond motifs is 1. The number of carbonyl (C=O) groups is 1. The average Bonchev–Trinajstić information content (AvgIpc) is 3.57. The van der Waals surface area contributed by atoms with E-state index >= 15 is 0 Å². The number of ether oxygens (including phenoxy) is 1. The SMILES string of the molecule is C=CC(=O)Nc1cc(Nc2nc(-c3cnn(C)c3)c3cc[nH]c3n2)c(OC)cc1N1CCC(N(C)C)CC1. The summed E-state index contributed by atoms with van der Waals surface area (Å²) in [5, 5.41) is 11.5. The Morgan fingerprint density at radius 2 is 2.03 bits per heavy atom. The molecule has 0 unspecified atom stereocenters. The van der Waals surface area contributed by atoms with Gasteiger partial charge < -0.3 is 30.2 Å². The molecule has 1 amide bonds. The van der Waals surface area contributed by atoms with Crippen LogP contribution in [0, 0.1) is 0 Å². The number of aromatic nitrogens is 5. The van der Waals surface area contributed by atoms with Gasteiger partial charge in [-0.15, -0.1) is 0 Å². The minimum Gasteiger partial charge on any atom is -0.494 e. The van der Waals surface area contributed by atoms with Crippen LogP contribution in [0.1, 0.15) is 12.8 Å². The van der Waals surface area contributed by atoms with Crippen molar-refractivity contribution in [3.63, 3.8) is 0 Å². The molecule has 3 N–H and O–H groups in total. The standard InChI is InChI=1S/C27H33N9O2/c1-6-24(37)30-20-13-21(23(38-5)14-22(20)36-11-8-18(9-12-36)34(2)3)31-27-32-25(17-15-29-35(4)16-17)19-7-10-28-26(19)33-27/h6-7,10,13-16,18H,1,8-9,11-12H2,2-5H3,(H,30,37)(H2,28,31,32,33). The molecule has 5 rings (SSSR count). The first-order valence-electron chi connectivity index (χ1n) is 12.5. The number of H-pyrrole nitrogens is 1. The second kappa shape index (κ2) is 10.5. The summed E-state index contributed by atoms with van der Waals surface area (Å²) in [4.78, 5) is 29.6. The second-order valence-corrected chi connectivity index (χ2v) is 9.61. The third-order valence-electron chi connectivity index (χ3n) is 6.94. The molecule has 0 radical (unpaired) electrons. The third-order valence-corrected chi connectivity index (χ3v) is 6.94. The fraction of sp³-hybridized carbons (Fsp3) is 0.333. The van der Waals surface area contributed by atoms with Gasteiger partial charge in [0.2, 0.25) is 11.9 Å². The molecular formula is C27H33N9O2.